The van der Waals surface area contributed by atoms with Crippen molar-refractivity contribution in [3.63, 3.8) is 0 Å². The SMILES string of the molecule is CCOc1cccc(C[C@H](C)CN)c1. The van der Waals surface area contributed by atoms with E-state index in [1.165, 1.54) is 5.56 Å². The Morgan fingerprint density at radius 2 is 2.21 bits per heavy atom. The molecule has 0 bridgehead atoms. The van der Waals surface area contributed by atoms with Crippen LogP contribution in [0.15, 0.2) is 24.3 Å². The Balaban J connectivity index is 2.63. The maximum Gasteiger partial charge on any atom is 0.119 e. The maximum absolute atomic E-state index is 5.59. The van der Waals surface area contributed by atoms with Gasteiger partial charge in [0.1, 0.15) is 5.75 Å². The Kier molecular flexibility index (Phi) is 4.47. The van der Waals surface area contributed by atoms with Gasteiger partial charge in [-0.3, -0.25) is 0 Å². The third-order valence-corrected chi connectivity index (χ3v) is 2.20. The normalized spacial score (nSPS) is 12.5. The fraction of sp³-hybridized carbons (Fsp3) is 0.500. The lowest BCUT2D eigenvalue weighted by molar-refractivity contribution is 0.339. The van der Waals surface area contributed by atoms with E-state index in [-0.39, 0.29) is 0 Å². The minimum absolute atomic E-state index is 0.534. The van der Waals surface area contributed by atoms with Gasteiger partial charge in [0.25, 0.3) is 0 Å². The van der Waals surface area contributed by atoms with Gasteiger partial charge in [-0.25, -0.2) is 0 Å². The van der Waals surface area contributed by atoms with Crippen molar-refractivity contribution in [2.45, 2.75) is 20.3 Å². The molecule has 0 amide bonds. The van der Waals surface area contributed by atoms with E-state index in [2.05, 4.69) is 19.1 Å². The van der Waals surface area contributed by atoms with Gasteiger partial charge in [-0.2, -0.15) is 0 Å². The minimum atomic E-state index is 0.534. The van der Waals surface area contributed by atoms with Crippen LogP contribution in [-0.2, 0) is 6.42 Å². The summed E-state index contributed by atoms with van der Waals surface area (Å²) in [6.45, 7) is 5.61. The van der Waals surface area contributed by atoms with E-state index < -0.39 is 0 Å². The van der Waals surface area contributed by atoms with E-state index in [9.17, 15) is 0 Å². The van der Waals surface area contributed by atoms with Crippen LogP contribution in [0.1, 0.15) is 19.4 Å². The van der Waals surface area contributed by atoms with Crippen molar-refractivity contribution >= 4 is 0 Å². The Bertz CT molecular complexity index is 273. The fourth-order valence-electron chi connectivity index (χ4n) is 1.41. The predicted octanol–water partition coefficient (Wildman–Crippen LogP) is 2.22. The number of nitrogens with two attached hydrogens (primary N) is 1. The number of rotatable bonds is 5. The first kappa shape index (κ1) is 11.1. The highest BCUT2D eigenvalue weighted by molar-refractivity contribution is 5.28. The largest absolute Gasteiger partial charge is 0.494 e. The Morgan fingerprint density at radius 3 is 2.86 bits per heavy atom. The van der Waals surface area contributed by atoms with Gasteiger partial charge in [0.2, 0.25) is 0 Å². The van der Waals surface area contributed by atoms with E-state index in [0.717, 1.165) is 25.3 Å². The Labute approximate surface area is 86.1 Å². The summed E-state index contributed by atoms with van der Waals surface area (Å²) in [5, 5.41) is 0. The zero-order valence-corrected chi connectivity index (χ0v) is 8.99. The monoisotopic (exact) mass is 193 g/mol. The van der Waals surface area contributed by atoms with Crippen LogP contribution >= 0.6 is 0 Å². The number of benzene rings is 1. The highest BCUT2D eigenvalue weighted by Crippen LogP contribution is 2.15. The van der Waals surface area contributed by atoms with Gasteiger partial charge in [0.05, 0.1) is 6.61 Å². The van der Waals surface area contributed by atoms with Crippen molar-refractivity contribution in [3.8, 4) is 5.75 Å². The van der Waals surface area contributed by atoms with Crippen molar-refractivity contribution in [1.82, 2.24) is 0 Å². The second kappa shape index (κ2) is 5.66. The zero-order valence-electron chi connectivity index (χ0n) is 8.99. The van der Waals surface area contributed by atoms with Crippen molar-refractivity contribution in [2.24, 2.45) is 11.7 Å². The average Bonchev–Trinajstić information content (AvgIpc) is 2.19. The summed E-state index contributed by atoms with van der Waals surface area (Å²) in [4.78, 5) is 0. The van der Waals surface area contributed by atoms with Crippen molar-refractivity contribution in [1.29, 1.82) is 0 Å². The molecule has 78 valence electrons. The van der Waals surface area contributed by atoms with Crippen molar-refractivity contribution < 1.29 is 4.74 Å². The van der Waals surface area contributed by atoms with E-state index in [0.29, 0.717) is 5.92 Å². The van der Waals surface area contributed by atoms with Crippen LogP contribution in [0, 0.1) is 5.92 Å². The molecule has 0 unspecified atom stereocenters. The molecule has 1 rings (SSSR count). The van der Waals surface area contributed by atoms with E-state index in [1.807, 2.05) is 19.1 Å². The van der Waals surface area contributed by atoms with Crippen molar-refractivity contribution in [2.75, 3.05) is 13.2 Å². The maximum atomic E-state index is 5.59. The lowest BCUT2D eigenvalue weighted by Crippen LogP contribution is -2.13. The molecule has 0 aromatic heterocycles. The smallest absolute Gasteiger partial charge is 0.119 e. The number of hydrogen-bond acceptors (Lipinski definition) is 2. The first-order valence-electron chi connectivity index (χ1n) is 5.18. The Hall–Kier alpha value is -1.02. The first-order valence-corrected chi connectivity index (χ1v) is 5.18. The molecule has 0 fully saturated rings. The van der Waals surface area contributed by atoms with E-state index in [1.54, 1.807) is 0 Å². The lowest BCUT2D eigenvalue weighted by Gasteiger charge is -2.09. The molecule has 1 aromatic carbocycles. The molecule has 0 aliphatic rings. The van der Waals surface area contributed by atoms with Gasteiger partial charge < -0.3 is 10.5 Å². The third-order valence-electron chi connectivity index (χ3n) is 2.20. The van der Waals surface area contributed by atoms with Crippen LogP contribution in [0.5, 0.6) is 5.75 Å². The topological polar surface area (TPSA) is 35.2 Å². The summed E-state index contributed by atoms with van der Waals surface area (Å²) in [5.74, 6) is 1.49. The van der Waals surface area contributed by atoms with Gasteiger partial charge in [0, 0.05) is 0 Å². The summed E-state index contributed by atoms with van der Waals surface area (Å²) in [6.07, 6.45) is 1.03. The minimum Gasteiger partial charge on any atom is -0.494 e. The quantitative estimate of drug-likeness (QED) is 0.778. The van der Waals surface area contributed by atoms with Gasteiger partial charge in [-0.05, 0) is 43.5 Å². The second-order valence-electron chi connectivity index (χ2n) is 3.63. The molecule has 1 aromatic rings. The molecular weight excluding hydrogens is 174 g/mol. The molecule has 2 heteroatoms. The highest BCUT2D eigenvalue weighted by atomic mass is 16.5. The molecule has 14 heavy (non-hydrogen) atoms. The summed E-state index contributed by atoms with van der Waals surface area (Å²) in [5.41, 5.74) is 6.89. The molecule has 0 saturated carbocycles. The lowest BCUT2D eigenvalue weighted by atomic mass is 10.0. The molecule has 0 aliphatic heterocycles. The highest BCUT2D eigenvalue weighted by Gasteiger charge is 2.02. The molecule has 0 heterocycles. The first-order chi connectivity index (χ1) is 6.76. The zero-order chi connectivity index (χ0) is 10.4. The predicted molar refractivity (Wildman–Crippen MR) is 59.5 cm³/mol. The number of hydrogen-bond donors (Lipinski definition) is 1. The third kappa shape index (κ3) is 3.38. The van der Waals surface area contributed by atoms with E-state index in [4.69, 9.17) is 10.5 Å². The standard InChI is InChI=1S/C12H19NO/c1-3-14-12-6-4-5-11(8-12)7-10(2)9-13/h4-6,8,10H,3,7,9,13H2,1-2H3/t10-/m0/s1. The van der Waals surface area contributed by atoms with E-state index >= 15 is 0 Å². The summed E-state index contributed by atoms with van der Waals surface area (Å²) >= 11 is 0. The molecule has 2 N–H and O–H groups in total. The molecule has 1 atom stereocenters. The molecule has 0 saturated heterocycles. The van der Waals surface area contributed by atoms with Crippen LogP contribution in [0.3, 0.4) is 0 Å². The molecule has 2 nitrogen and oxygen atoms in total. The molecular formula is C12H19NO. The number of ether oxygens (including phenoxy) is 1. The van der Waals surface area contributed by atoms with Crippen LogP contribution in [-0.4, -0.2) is 13.2 Å². The molecule has 0 spiro atoms. The van der Waals surface area contributed by atoms with Gasteiger partial charge in [0.15, 0.2) is 0 Å². The van der Waals surface area contributed by atoms with Crippen LogP contribution in [0.2, 0.25) is 0 Å². The average molecular weight is 193 g/mol. The van der Waals surface area contributed by atoms with Gasteiger partial charge in [-0.1, -0.05) is 19.1 Å². The molecule has 0 aliphatic carbocycles. The fourth-order valence-corrected chi connectivity index (χ4v) is 1.41. The summed E-state index contributed by atoms with van der Waals surface area (Å²) < 4.78 is 5.43. The second-order valence-corrected chi connectivity index (χ2v) is 3.63. The van der Waals surface area contributed by atoms with Crippen molar-refractivity contribution in [3.05, 3.63) is 29.8 Å². The van der Waals surface area contributed by atoms with Gasteiger partial charge >= 0.3 is 0 Å². The summed E-state index contributed by atoms with van der Waals surface area (Å²) in [6, 6.07) is 8.23. The Morgan fingerprint density at radius 1 is 1.43 bits per heavy atom. The van der Waals surface area contributed by atoms with Crippen LogP contribution in [0.25, 0.3) is 0 Å². The summed E-state index contributed by atoms with van der Waals surface area (Å²) in [7, 11) is 0. The molecule has 0 radical (unpaired) electrons. The van der Waals surface area contributed by atoms with Crippen LogP contribution < -0.4 is 10.5 Å². The van der Waals surface area contributed by atoms with Gasteiger partial charge in [-0.15, -0.1) is 0 Å². The van der Waals surface area contributed by atoms with Crippen LogP contribution in [0.4, 0.5) is 0 Å².